The molecule has 0 radical (unpaired) electrons. The van der Waals surface area contributed by atoms with Gasteiger partial charge in [0.05, 0.1) is 0 Å². The van der Waals surface area contributed by atoms with Crippen molar-refractivity contribution in [1.82, 2.24) is 5.32 Å². The Balaban J connectivity index is 1.94. The Morgan fingerprint density at radius 3 is 2.43 bits per heavy atom. The number of nitrogens with two attached hydrogens (primary N) is 1. The molecule has 1 aliphatic rings. The lowest BCUT2D eigenvalue weighted by molar-refractivity contribution is 0.156. The van der Waals surface area contributed by atoms with Gasteiger partial charge in [-0.3, -0.25) is 0 Å². The van der Waals surface area contributed by atoms with Crippen LogP contribution in [0.1, 0.15) is 52.9 Å². The summed E-state index contributed by atoms with van der Waals surface area (Å²) >= 11 is 0. The molecule has 0 aromatic rings. The van der Waals surface area contributed by atoms with Gasteiger partial charge in [0.15, 0.2) is 0 Å². The number of hydrogen-bond donors (Lipinski definition) is 2. The van der Waals surface area contributed by atoms with Gasteiger partial charge in [-0.2, -0.15) is 0 Å². The summed E-state index contributed by atoms with van der Waals surface area (Å²) in [5, 5.41) is 3.54. The van der Waals surface area contributed by atoms with Crippen LogP contribution in [0.5, 0.6) is 0 Å². The summed E-state index contributed by atoms with van der Waals surface area (Å²) in [4.78, 5) is 0. The molecule has 0 heterocycles. The summed E-state index contributed by atoms with van der Waals surface area (Å²) < 4.78 is 0. The molecule has 14 heavy (non-hydrogen) atoms. The standard InChI is InChI=1S/C12H26N2/c1-11(2,13)6-5-9-14-10-12(3)7-4-8-12/h14H,4-10,13H2,1-3H3. The van der Waals surface area contributed by atoms with E-state index >= 15 is 0 Å². The van der Waals surface area contributed by atoms with Crippen LogP contribution in [0.2, 0.25) is 0 Å². The average molecular weight is 198 g/mol. The molecule has 0 aromatic carbocycles. The van der Waals surface area contributed by atoms with Gasteiger partial charge in [-0.15, -0.1) is 0 Å². The third-order valence-corrected chi connectivity index (χ3v) is 3.29. The molecule has 0 saturated heterocycles. The Kier molecular flexibility index (Phi) is 3.96. The highest BCUT2D eigenvalue weighted by Crippen LogP contribution is 2.39. The molecule has 3 N–H and O–H groups in total. The number of rotatable bonds is 6. The second kappa shape index (κ2) is 4.63. The van der Waals surface area contributed by atoms with Crippen molar-refractivity contribution in [2.45, 2.75) is 58.4 Å². The lowest BCUT2D eigenvalue weighted by Gasteiger charge is -2.38. The predicted octanol–water partition coefficient (Wildman–Crippen LogP) is 2.28. The Hall–Kier alpha value is -0.0800. The summed E-state index contributed by atoms with van der Waals surface area (Å²) in [5.41, 5.74) is 6.52. The van der Waals surface area contributed by atoms with Gasteiger partial charge in [0.25, 0.3) is 0 Å². The van der Waals surface area contributed by atoms with Crippen LogP contribution >= 0.6 is 0 Å². The fourth-order valence-electron chi connectivity index (χ4n) is 2.02. The SMILES string of the molecule is CC(C)(N)CCCNCC1(C)CCC1. The van der Waals surface area contributed by atoms with Crippen molar-refractivity contribution < 1.29 is 0 Å². The van der Waals surface area contributed by atoms with E-state index in [1.54, 1.807) is 0 Å². The maximum absolute atomic E-state index is 5.91. The van der Waals surface area contributed by atoms with Gasteiger partial charge < -0.3 is 11.1 Å². The molecule has 0 aromatic heterocycles. The smallest absolute Gasteiger partial charge is 0.00975 e. The zero-order chi connectivity index (χ0) is 10.7. The molecule has 0 spiro atoms. The van der Waals surface area contributed by atoms with Gasteiger partial charge >= 0.3 is 0 Å². The normalized spacial score (nSPS) is 20.6. The molecule has 1 aliphatic carbocycles. The van der Waals surface area contributed by atoms with Crippen LogP contribution in [0.4, 0.5) is 0 Å². The molecular weight excluding hydrogens is 172 g/mol. The molecule has 84 valence electrons. The average Bonchev–Trinajstić information content (AvgIpc) is 1.98. The van der Waals surface area contributed by atoms with E-state index in [-0.39, 0.29) is 5.54 Å². The van der Waals surface area contributed by atoms with E-state index in [9.17, 15) is 0 Å². The van der Waals surface area contributed by atoms with Gasteiger partial charge in [0.1, 0.15) is 0 Å². The topological polar surface area (TPSA) is 38.0 Å². The van der Waals surface area contributed by atoms with E-state index in [1.807, 2.05) is 0 Å². The van der Waals surface area contributed by atoms with E-state index in [0.29, 0.717) is 5.41 Å². The lowest BCUT2D eigenvalue weighted by atomic mass is 9.70. The maximum Gasteiger partial charge on any atom is 0.00975 e. The lowest BCUT2D eigenvalue weighted by Crippen LogP contribution is -2.38. The molecule has 0 amide bonds. The van der Waals surface area contributed by atoms with Gasteiger partial charge in [0, 0.05) is 12.1 Å². The molecule has 0 bridgehead atoms. The quantitative estimate of drug-likeness (QED) is 0.643. The van der Waals surface area contributed by atoms with E-state index in [2.05, 4.69) is 26.1 Å². The molecule has 1 rings (SSSR count). The molecule has 1 fully saturated rings. The van der Waals surface area contributed by atoms with Crippen molar-refractivity contribution in [2.24, 2.45) is 11.1 Å². The van der Waals surface area contributed by atoms with Crippen LogP contribution in [-0.2, 0) is 0 Å². The fraction of sp³-hybridized carbons (Fsp3) is 1.00. The second-order valence-corrected chi connectivity index (χ2v) is 5.93. The Bertz CT molecular complexity index is 166. The first-order chi connectivity index (χ1) is 6.41. The molecule has 2 nitrogen and oxygen atoms in total. The summed E-state index contributed by atoms with van der Waals surface area (Å²) in [5.74, 6) is 0. The van der Waals surface area contributed by atoms with Crippen LogP contribution in [0.15, 0.2) is 0 Å². The first-order valence-corrected chi connectivity index (χ1v) is 5.91. The zero-order valence-corrected chi connectivity index (χ0v) is 10.0. The highest BCUT2D eigenvalue weighted by molar-refractivity contribution is 4.85. The largest absolute Gasteiger partial charge is 0.326 e. The summed E-state index contributed by atoms with van der Waals surface area (Å²) in [7, 11) is 0. The van der Waals surface area contributed by atoms with E-state index in [4.69, 9.17) is 5.73 Å². The van der Waals surface area contributed by atoms with Crippen molar-refractivity contribution in [3.63, 3.8) is 0 Å². The first-order valence-electron chi connectivity index (χ1n) is 5.91. The summed E-state index contributed by atoms with van der Waals surface area (Å²) in [6.07, 6.45) is 6.54. The molecule has 0 aliphatic heterocycles. The number of nitrogens with one attached hydrogen (secondary N) is 1. The predicted molar refractivity (Wildman–Crippen MR) is 62.3 cm³/mol. The summed E-state index contributed by atoms with van der Waals surface area (Å²) in [6, 6.07) is 0. The Morgan fingerprint density at radius 1 is 1.36 bits per heavy atom. The van der Waals surface area contributed by atoms with Crippen LogP contribution in [0, 0.1) is 5.41 Å². The van der Waals surface area contributed by atoms with E-state index in [1.165, 1.54) is 32.2 Å². The molecule has 0 unspecified atom stereocenters. The van der Waals surface area contributed by atoms with Crippen molar-refractivity contribution in [2.75, 3.05) is 13.1 Å². The zero-order valence-electron chi connectivity index (χ0n) is 10.0. The Morgan fingerprint density at radius 2 is 2.00 bits per heavy atom. The van der Waals surface area contributed by atoms with Crippen LogP contribution in [-0.4, -0.2) is 18.6 Å². The van der Waals surface area contributed by atoms with Crippen molar-refractivity contribution >= 4 is 0 Å². The van der Waals surface area contributed by atoms with Gasteiger partial charge in [-0.05, 0) is 51.5 Å². The van der Waals surface area contributed by atoms with Crippen molar-refractivity contribution in [1.29, 1.82) is 0 Å². The van der Waals surface area contributed by atoms with Crippen LogP contribution in [0.25, 0.3) is 0 Å². The third kappa shape index (κ3) is 4.43. The minimum absolute atomic E-state index is 0.00204. The minimum Gasteiger partial charge on any atom is -0.326 e. The first kappa shape index (κ1) is 12.0. The van der Waals surface area contributed by atoms with Crippen LogP contribution in [0.3, 0.4) is 0 Å². The van der Waals surface area contributed by atoms with E-state index in [0.717, 1.165) is 13.0 Å². The molecular formula is C12H26N2. The van der Waals surface area contributed by atoms with E-state index < -0.39 is 0 Å². The molecule has 2 heteroatoms. The molecule has 0 atom stereocenters. The summed E-state index contributed by atoms with van der Waals surface area (Å²) in [6.45, 7) is 8.89. The van der Waals surface area contributed by atoms with Gasteiger partial charge in [-0.1, -0.05) is 13.3 Å². The Labute approximate surface area is 88.6 Å². The van der Waals surface area contributed by atoms with Crippen molar-refractivity contribution in [3.8, 4) is 0 Å². The highest BCUT2D eigenvalue weighted by atomic mass is 14.9. The maximum atomic E-state index is 5.91. The van der Waals surface area contributed by atoms with Gasteiger partial charge in [0.2, 0.25) is 0 Å². The minimum atomic E-state index is 0.00204. The highest BCUT2D eigenvalue weighted by Gasteiger charge is 2.30. The molecule has 1 saturated carbocycles. The third-order valence-electron chi connectivity index (χ3n) is 3.29. The number of hydrogen-bond acceptors (Lipinski definition) is 2. The van der Waals surface area contributed by atoms with Crippen molar-refractivity contribution in [3.05, 3.63) is 0 Å². The fourth-order valence-corrected chi connectivity index (χ4v) is 2.02. The van der Waals surface area contributed by atoms with Crippen LogP contribution < -0.4 is 11.1 Å². The van der Waals surface area contributed by atoms with Gasteiger partial charge in [-0.25, -0.2) is 0 Å². The second-order valence-electron chi connectivity index (χ2n) is 5.93. The monoisotopic (exact) mass is 198 g/mol.